The molecule has 3 rings (SSSR count). The van der Waals surface area contributed by atoms with E-state index in [1.165, 1.54) is 0 Å². The molecule has 7 heteroatoms. The van der Waals surface area contributed by atoms with Crippen LogP contribution in [0.2, 0.25) is 0 Å². The number of hydrogen-bond donors (Lipinski definition) is 0. The molecule has 1 saturated heterocycles. The molecule has 1 fully saturated rings. The lowest BCUT2D eigenvalue weighted by molar-refractivity contribution is -0.0258. The van der Waals surface area contributed by atoms with Gasteiger partial charge in [-0.1, -0.05) is 19.0 Å². The minimum Gasteiger partial charge on any atom is -0.375 e. The maximum Gasteiger partial charge on any atom is 0.292 e. The summed E-state index contributed by atoms with van der Waals surface area (Å²) >= 11 is 0. The zero-order valence-corrected chi connectivity index (χ0v) is 15.6. The smallest absolute Gasteiger partial charge is 0.292 e. The van der Waals surface area contributed by atoms with Crippen molar-refractivity contribution in [1.82, 2.24) is 20.0 Å². The highest BCUT2D eigenvalue weighted by atomic mass is 16.5. The van der Waals surface area contributed by atoms with E-state index in [1.54, 1.807) is 17.3 Å². The number of nitrogens with zero attached hydrogens (tertiary/aromatic N) is 4. The van der Waals surface area contributed by atoms with Crippen molar-refractivity contribution in [3.8, 4) is 0 Å². The molecule has 1 amide bonds. The Morgan fingerprint density at radius 3 is 2.92 bits per heavy atom. The SMILES string of the molecule is Cc1cc(CCC2CN(C(=O)c3cc(CC(C)C)no3)CCO2)ncn1. The van der Waals surface area contributed by atoms with Crippen molar-refractivity contribution in [3.63, 3.8) is 0 Å². The molecule has 1 aliphatic rings. The first-order valence-electron chi connectivity index (χ1n) is 9.15. The minimum atomic E-state index is -0.112. The summed E-state index contributed by atoms with van der Waals surface area (Å²) in [5, 5.41) is 4.01. The summed E-state index contributed by atoms with van der Waals surface area (Å²) < 4.78 is 11.1. The second-order valence-electron chi connectivity index (χ2n) is 7.21. The predicted molar refractivity (Wildman–Crippen MR) is 95.8 cm³/mol. The number of hydrogen-bond acceptors (Lipinski definition) is 6. The van der Waals surface area contributed by atoms with Gasteiger partial charge in [0.05, 0.1) is 18.4 Å². The van der Waals surface area contributed by atoms with Crippen molar-refractivity contribution in [1.29, 1.82) is 0 Å². The Kier molecular flexibility index (Phi) is 5.98. The monoisotopic (exact) mass is 358 g/mol. The van der Waals surface area contributed by atoms with Crippen LogP contribution < -0.4 is 0 Å². The molecule has 0 aliphatic carbocycles. The molecule has 140 valence electrons. The van der Waals surface area contributed by atoms with Crippen molar-refractivity contribution in [2.75, 3.05) is 19.7 Å². The van der Waals surface area contributed by atoms with Crippen molar-refractivity contribution >= 4 is 5.91 Å². The van der Waals surface area contributed by atoms with Crippen LogP contribution in [-0.4, -0.2) is 51.7 Å². The van der Waals surface area contributed by atoms with Gasteiger partial charge in [0.2, 0.25) is 5.76 Å². The number of carbonyl (C=O) groups excluding carboxylic acids is 1. The van der Waals surface area contributed by atoms with Gasteiger partial charge in [-0.05, 0) is 38.2 Å². The third kappa shape index (κ3) is 4.88. The van der Waals surface area contributed by atoms with E-state index in [4.69, 9.17) is 9.26 Å². The van der Waals surface area contributed by atoms with Gasteiger partial charge in [0.1, 0.15) is 6.33 Å². The Hall–Kier alpha value is -2.28. The van der Waals surface area contributed by atoms with Crippen molar-refractivity contribution in [3.05, 3.63) is 41.3 Å². The molecule has 2 aromatic heterocycles. The van der Waals surface area contributed by atoms with Crippen LogP contribution in [0.15, 0.2) is 23.0 Å². The van der Waals surface area contributed by atoms with Crippen LogP contribution in [0.1, 0.15) is 47.9 Å². The Morgan fingerprint density at radius 1 is 1.31 bits per heavy atom. The topological polar surface area (TPSA) is 81.4 Å². The second-order valence-corrected chi connectivity index (χ2v) is 7.21. The Labute approximate surface area is 153 Å². The van der Waals surface area contributed by atoms with Gasteiger partial charge in [-0.2, -0.15) is 0 Å². The first-order valence-corrected chi connectivity index (χ1v) is 9.15. The van der Waals surface area contributed by atoms with E-state index >= 15 is 0 Å². The number of carbonyl (C=O) groups is 1. The molecular formula is C19H26N4O3. The van der Waals surface area contributed by atoms with Gasteiger partial charge in [-0.15, -0.1) is 0 Å². The number of aryl methyl sites for hydroxylation is 2. The third-order valence-corrected chi connectivity index (χ3v) is 4.40. The fraction of sp³-hybridized carbons (Fsp3) is 0.579. The summed E-state index contributed by atoms with van der Waals surface area (Å²) in [5.74, 6) is 0.674. The van der Waals surface area contributed by atoms with Gasteiger partial charge in [-0.3, -0.25) is 4.79 Å². The zero-order chi connectivity index (χ0) is 18.5. The predicted octanol–water partition coefficient (Wildman–Crippen LogP) is 2.45. The van der Waals surface area contributed by atoms with Crippen LogP contribution in [0.5, 0.6) is 0 Å². The molecule has 0 aromatic carbocycles. The summed E-state index contributed by atoms with van der Waals surface area (Å²) in [6.07, 6.45) is 4.01. The number of morpholine rings is 1. The van der Waals surface area contributed by atoms with Gasteiger partial charge in [0.15, 0.2) is 0 Å². The summed E-state index contributed by atoms with van der Waals surface area (Å²) in [6, 6.07) is 3.74. The maximum absolute atomic E-state index is 12.7. The van der Waals surface area contributed by atoms with Crippen molar-refractivity contribution in [2.24, 2.45) is 5.92 Å². The first kappa shape index (κ1) is 18.5. The standard InChI is InChI=1S/C19H26N4O3/c1-13(2)8-16-10-18(26-22-16)19(24)23-6-7-25-17(11-23)5-4-15-9-14(3)20-12-21-15/h9-10,12-13,17H,4-8,11H2,1-3H3. The summed E-state index contributed by atoms with van der Waals surface area (Å²) in [7, 11) is 0. The molecule has 1 unspecified atom stereocenters. The van der Waals surface area contributed by atoms with Gasteiger partial charge < -0.3 is 14.2 Å². The van der Waals surface area contributed by atoms with Crippen LogP contribution in [0.3, 0.4) is 0 Å². The lowest BCUT2D eigenvalue weighted by Gasteiger charge is -2.32. The normalized spacial score (nSPS) is 17.7. The molecule has 0 bridgehead atoms. The van der Waals surface area contributed by atoms with Gasteiger partial charge in [-0.25, -0.2) is 9.97 Å². The average molecular weight is 358 g/mol. The van der Waals surface area contributed by atoms with Gasteiger partial charge >= 0.3 is 0 Å². The van der Waals surface area contributed by atoms with E-state index in [2.05, 4.69) is 29.0 Å². The summed E-state index contributed by atoms with van der Waals surface area (Å²) in [6.45, 7) is 7.84. The van der Waals surface area contributed by atoms with Crippen LogP contribution in [0.25, 0.3) is 0 Å². The molecule has 2 aromatic rings. The van der Waals surface area contributed by atoms with E-state index in [9.17, 15) is 4.79 Å². The fourth-order valence-electron chi connectivity index (χ4n) is 3.12. The highest BCUT2D eigenvalue weighted by molar-refractivity contribution is 5.91. The Bertz CT molecular complexity index is 744. The second kappa shape index (κ2) is 8.40. The van der Waals surface area contributed by atoms with Crippen LogP contribution >= 0.6 is 0 Å². The highest BCUT2D eigenvalue weighted by Crippen LogP contribution is 2.16. The van der Waals surface area contributed by atoms with Crippen LogP contribution in [0.4, 0.5) is 0 Å². The van der Waals surface area contributed by atoms with Crippen molar-refractivity contribution < 1.29 is 14.1 Å². The molecule has 0 saturated carbocycles. The molecule has 3 heterocycles. The Balaban J connectivity index is 1.55. The molecule has 26 heavy (non-hydrogen) atoms. The molecule has 7 nitrogen and oxygen atoms in total. The summed E-state index contributed by atoms with van der Waals surface area (Å²) in [5.41, 5.74) is 2.78. The molecule has 0 N–H and O–H groups in total. The molecule has 0 radical (unpaired) electrons. The van der Waals surface area contributed by atoms with E-state index in [0.29, 0.717) is 31.4 Å². The number of amides is 1. The largest absolute Gasteiger partial charge is 0.375 e. The molecule has 0 spiro atoms. The van der Waals surface area contributed by atoms with E-state index in [-0.39, 0.29) is 12.0 Å². The Morgan fingerprint density at radius 2 is 2.15 bits per heavy atom. The maximum atomic E-state index is 12.7. The molecule has 1 aliphatic heterocycles. The van der Waals surface area contributed by atoms with E-state index in [0.717, 1.165) is 36.3 Å². The van der Waals surface area contributed by atoms with Gasteiger partial charge in [0, 0.05) is 30.5 Å². The first-order chi connectivity index (χ1) is 12.5. The van der Waals surface area contributed by atoms with Gasteiger partial charge in [0.25, 0.3) is 5.91 Å². The third-order valence-electron chi connectivity index (χ3n) is 4.40. The fourth-order valence-corrected chi connectivity index (χ4v) is 3.12. The zero-order valence-electron chi connectivity index (χ0n) is 15.6. The van der Waals surface area contributed by atoms with Crippen LogP contribution in [-0.2, 0) is 17.6 Å². The lowest BCUT2D eigenvalue weighted by Crippen LogP contribution is -2.45. The minimum absolute atomic E-state index is 0.000951. The van der Waals surface area contributed by atoms with Crippen molar-refractivity contribution in [2.45, 2.75) is 46.1 Å². The van der Waals surface area contributed by atoms with E-state index in [1.807, 2.05) is 13.0 Å². The molecular weight excluding hydrogens is 332 g/mol. The average Bonchev–Trinajstić information content (AvgIpc) is 3.07. The number of rotatable bonds is 6. The number of ether oxygens (including phenoxy) is 1. The lowest BCUT2D eigenvalue weighted by atomic mass is 10.1. The number of aromatic nitrogens is 3. The quantitative estimate of drug-likeness (QED) is 0.789. The summed E-state index contributed by atoms with van der Waals surface area (Å²) in [4.78, 5) is 22.9. The van der Waals surface area contributed by atoms with E-state index < -0.39 is 0 Å². The highest BCUT2D eigenvalue weighted by Gasteiger charge is 2.27. The molecule has 1 atom stereocenters. The van der Waals surface area contributed by atoms with Crippen LogP contribution in [0, 0.1) is 12.8 Å².